The Morgan fingerprint density at radius 2 is 1.59 bits per heavy atom. The van der Waals surface area contributed by atoms with Gasteiger partial charge in [0.1, 0.15) is 0 Å². The second-order valence-corrected chi connectivity index (χ2v) is 4.28. The number of benzene rings is 2. The summed E-state index contributed by atoms with van der Waals surface area (Å²) in [6.45, 7) is 4.40. The van der Waals surface area contributed by atoms with Crippen molar-refractivity contribution >= 4 is 5.69 Å². The number of hydrogen-bond acceptors (Lipinski definition) is 1. The van der Waals surface area contributed by atoms with Gasteiger partial charge in [0.05, 0.1) is 0 Å². The Kier molecular flexibility index (Phi) is 3.48. The molecule has 0 bridgehead atoms. The SMILES string of the molecule is CCc1ccc(-c2ccccc2N)cc1CC. The minimum absolute atomic E-state index is 0.846. The van der Waals surface area contributed by atoms with Gasteiger partial charge in [0.25, 0.3) is 0 Å². The Balaban J connectivity index is 2.50. The first-order valence-corrected chi connectivity index (χ1v) is 6.23. The van der Waals surface area contributed by atoms with E-state index in [-0.39, 0.29) is 0 Å². The fourth-order valence-electron chi connectivity index (χ4n) is 2.23. The molecular weight excluding hydrogens is 206 g/mol. The summed E-state index contributed by atoms with van der Waals surface area (Å²) >= 11 is 0. The molecule has 0 amide bonds. The number of anilines is 1. The van der Waals surface area contributed by atoms with Gasteiger partial charge in [-0.05, 0) is 35.6 Å². The van der Waals surface area contributed by atoms with Gasteiger partial charge in [-0.25, -0.2) is 0 Å². The lowest BCUT2D eigenvalue weighted by molar-refractivity contribution is 1.04. The Labute approximate surface area is 103 Å². The van der Waals surface area contributed by atoms with Crippen molar-refractivity contribution < 1.29 is 0 Å². The Morgan fingerprint density at radius 1 is 0.882 bits per heavy atom. The van der Waals surface area contributed by atoms with Crippen LogP contribution in [0, 0.1) is 0 Å². The van der Waals surface area contributed by atoms with Crippen molar-refractivity contribution in [1.29, 1.82) is 0 Å². The molecule has 1 nitrogen and oxygen atoms in total. The van der Waals surface area contributed by atoms with Crippen LogP contribution in [0.15, 0.2) is 42.5 Å². The highest BCUT2D eigenvalue weighted by molar-refractivity contribution is 5.76. The van der Waals surface area contributed by atoms with Crippen molar-refractivity contribution in [3.05, 3.63) is 53.6 Å². The summed E-state index contributed by atoms with van der Waals surface area (Å²) in [5.74, 6) is 0. The quantitative estimate of drug-likeness (QED) is 0.783. The molecule has 0 saturated carbocycles. The van der Waals surface area contributed by atoms with Gasteiger partial charge in [-0.2, -0.15) is 0 Å². The normalized spacial score (nSPS) is 10.5. The topological polar surface area (TPSA) is 26.0 Å². The van der Waals surface area contributed by atoms with Crippen LogP contribution in [0.1, 0.15) is 25.0 Å². The number of para-hydroxylation sites is 1. The highest BCUT2D eigenvalue weighted by Gasteiger charge is 2.05. The van der Waals surface area contributed by atoms with Crippen molar-refractivity contribution in [1.82, 2.24) is 0 Å². The summed E-state index contributed by atoms with van der Waals surface area (Å²) < 4.78 is 0. The smallest absolute Gasteiger partial charge is 0.0393 e. The van der Waals surface area contributed by atoms with Gasteiger partial charge >= 0.3 is 0 Å². The molecular formula is C16H19N. The molecule has 0 saturated heterocycles. The number of aryl methyl sites for hydroxylation is 2. The van der Waals surface area contributed by atoms with Crippen LogP contribution < -0.4 is 5.73 Å². The van der Waals surface area contributed by atoms with Gasteiger partial charge in [-0.1, -0.05) is 50.2 Å². The van der Waals surface area contributed by atoms with Gasteiger partial charge in [0.15, 0.2) is 0 Å². The highest BCUT2D eigenvalue weighted by Crippen LogP contribution is 2.27. The zero-order valence-corrected chi connectivity index (χ0v) is 10.5. The fraction of sp³-hybridized carbons (Fsp3) is 0.250. The first-order chi connectivity index (χ1) is 8.26. The molecule has 17 heavy (non-hydrogen) atoms. The standard InChI is InChI=1S/C16H19N/c1-3-12-9-10-14(11-13(12)4-2)15-7-5-6-8-16(15)17/h5-11H,3-4,17H2,1-2H3. The molecule has 2 N–H and O–H groups in total. The van der Waals surface area contributed by atoms with E-state index in [1.165, 1.54) is 16.7 Å². The van der Waals surface area contributed by atoms with E-state index in [0.29, 0.717) is 0 Å². The summed E-state index contributed by atoms with van der Waals surface area (Å²) in [4.78, 5) is 0. The predicted molar refractivity (Wildman–Crippen MR) is 75.0 cm³/mol. The first kappa shape index (κ1) is 11.7. The van der Waals surface area contributed by atoms with Crippen molar-refractivity contribution in [2.75, 3.05) is 5.73 Å². The van der Waals surface area contributed by atoms with Crippen LogP contribution >= 0.6 is 0 Å². The molecule has 2 aromatic carbocycles. The average molecular weight is 225 g/mol. The van der Waals surface area contributed by atoms with Crippen molar-refractivity contribution in [3.63, 3.8) is 0 Å². The molecule has 2 rings (SSSR count). The van der Waals surface area contributed by atoms with Crippen LogP contribution in [-0.2, 0) is 12.8 Å². The molecule has 0 unspecified atom stereocenters. The van der Waals surface area contributed by atoms with E-state index in [1.54, 1.807) is 0 Å². The van der Waals surface area contributed by atoms with E-state index in [1.807, 2.05) is 18.2 Å². The second-order valence-electron chi connectivity index (χ2n) is 4.28. The highest BCUT2D eigenvalue weighted by atomic mass is 14.6. The van der Waals surface area contributed by atoms with Crippen LogP contribution in [0.5, 0.6) is 0 Å². The molecule has 0 radical (unpaired) electrons. The maximum Gasteiger partial charge on any atom is 0.0393 e. The van der Waals surface area contributed by atoms with E-state index >= 15 is 0 Å². The van der Waals surface area contributed by atoms with Crippen LogP contribution in [0.4, 0.5) is 5.69 Å². The minimum Gasteiger partial charge on any atom is -0.398 e. The molecule has 0 aromatic heterocycles. The molecule has 0 aliphatic rings. The molecule has 0 spiro atoms. The van der Waals surface area contributed by atoms with Crippen molar-refractivity contribution in [2.24, 2.45) is 0 Å². The lowest BCUT2D eigenvalue weighted by atomic mass is 9.96. The summed E-state index contributed by atoms with van der Waals surface area (Å²) in [5.41, 5.74) is 12.1. The van der Waals surface area contributed by atoms with Gasteiger partial charge in [0, 0.05) is 11.3 Å². The van der Waals surface area contributed by atoms with Gasteiger partial charge in [-0.15, -0.1) is 0 Å². The maximum absolute atomic E-state index is 6.01. The Hall–Kier alpha value is -1.76. The zero-order chi connectivity index (χ0) is 12.3. The molecule has 0 heterocycles. The maximum atomic E-state index is 6.01. The molecule has 0 fully saturated rings. The summed E-state index contributed by atoms with van der Waals surface area (Å²) in [6, 6.07) is 14.7. The first-order valence-electron chi connectivity index (χ1n) is 6.23. The van der Waals surface area contributed by atoms with E-state index < -0.39 is 0 Å². The predicted octanol–water partition coefficient (Wildman–Crippen LogP) is 4.06. The van der Waals surface area contributed by atoms with Crippen LogP contribution in [-0.4, -0.2) is 0 Å². The number of nitrogen functional groups attached to an aromatic ring is 1. The number of hydrogen-bond donors (Lipinski definition) is 1. The van der Waals surface area contributed by atoms with Gasteiger partial charge < -0.3 is 5.73 Å². The molecule has 1 heteroatoms. The third-order valence-electron chi connectivity index (χ3n) is 3.24. The molecule has 0 atom stereocenters. The van der Waals surface area contributed by atoms with Gasteiger partial charge in [0.2, 0.25) is 0 Å². The summed E-state index contributed by atoms with van der Waals surface area (Å²) in [7, 11) is 0. The number of rotatable bonds is 3. The van der Waals surface area contributed by atoms with Crippen LogP contribution in [0.2, 0.25) is 0 Å². The average Bonchev–Trinajstić information content (AvgIpc) is 2.38. The van der Waals surface area contributed by atoms with E-state index in [0.717, 1.165) is 24.1 Å². The van der Waals surface area contributed by atoms with E-state index in [4.69, 9.17) is 5.73 Å². The fourth-order valence-corrected chi connectivity index (χ4v) is 2.23. The lowest BCUT2D eigenvalue weighted by Crippen LogP contribution is -1.94. The lowest BCUT2D eigenvalue weighted by Gasteiger charge is -2.10. The minimum atomic E-state index is 0.846. The third kappa shape index (κ3) is 2.33. The second kappa shape index (κ2) is 5.05. The van der Waals surface area contributed by atoms with Crippen LogP contribution in [0.3, 0.4) is 0 Å². The monoisotopic (exact) mass is 225 g/mol. The molecule has 0 aliphatic heterocycles. The Bertz CT molecular complexity index is 515. The molecule has 2 aromatic rings. The molecule has 0 aliphatic carbocycles. The van der Waals surface area contributed by atoms with E-state index in [9.17, 15) is 0 Å². The van der Waals surface area contributed by atoms with Gasteiger partial charge in [-0.3, -0.25) is 0 Å². The Morgan fingerprint density at radius 3 is 2.24 bits per heavy atom. The van der Waals surface area contributed by atoms with Crippen molar-refractivity contribution in [2.45, 2.75) is 26.7 Å². The summed E-state index contributed by atoms with van der Waals surface area (Å²) in [6.07, 6.45) is 2.16. The number of nitrogens with two attached hydrogens (primary N) is 1. The van der Waals surface area contributed by atoms with Crippen molar-refractivity contribution in [3.8, 4) is 11.1 Å². The largest absolute Gasteiger partial charge is 0.398 e. The third-order valence-corrected chi connectivity index (χ3v) is 3.24. The van der Waals surface area contributed by atoms with E-state index in [2.05, 4.69) is 38.1 Å². The molecule has 88 valence electrons. The summed E-state index contributed by atoms with van der Waals surface area (Å²) in [5, 5.41) is 0. The van der Waals surface area contributed by atoms with Crippen LogP contribution in [0.25, 0.3) is 11.1 Å². The zero-order valence-electron chi connectivity index (χ0n) is 10.5.